The van der Waals surface area contributed by atoms with Crippen LogP contribution in [0.2, 0.25) is 0 Å². The molecule has 0 aliphatic heterocycles. The molecule has 0 N–H and O–H groups in total. The van der Waals surface area contributed by atoms with Gasteiger partial charge in [-0.3, -0.25) is 9.38 Å². The summed E-state index contributed by atoms with van der Waals surface area (Å²) in [6, 6.07) is 5.26. The Labute approximate surface area is 161 Å². The molecule has 6 nitrogen and oxygen atoms in total. The van der Waals surface area contributed by atoms with Crippen LogP contribution in [0.25, 0.3) is 16.8 Å². The van der Waals surface area contributed by atoms with E-state index in [-0.39, 0.29) is 23.5 Å². The molecular formula is C18H13F5N4O2. The van der Waals surface area contributed by atoms with Gasteiger partial charge in [0.1, 0.15) is 17.3 Å². The minimum atomic E-state index is -4.87. The SMILES string of the molecule is COCc1cc(OC(F)(F)F)ccc1-c1cn2c(C(C)(F)F)nc(C#N)c2cn1. The van der Waals surface area contributed by atoms with Crippen LogP contribution in [0.15, 0.2) is 30.6 Å². The maximum atomic E-state index is 13.9. The average Bonchev–Trinajstić information content (AvgIpc) is 2.99. The van der Waals surface area contributed by atoms with E-state index in [9.17, 15) is 22.0 Å². The summed E-state index contributed by atoms with van der Waals surface area (Å²) >= 11 is 0. The minimum absolute atomic E-state index is 0.0751. The van der Waals surface area contributed by atoms with Crippen LogP contribution >= 0.6 is 0 Å². The molecule has 0 aliphatic carbocycles. The first-order valence-corrected chi connectivity index (χ1v) is 8.08. The second-order valence-electron chi connectivity index (χ2n) is 6.11. The predicted octanol–water partition coefficient (Wildman–Crippen LogP) is 4.42. The van der Waals surface area contributed by atoms with E-state index in [4.69, 9.17) is 10.00 Å². The fourth-order valence-electron chi connectivity index (χ4n) is 2.81. The fourth-order valence-corrected chi connectivity index (χ4v) is 2.81. The fraction of sp³-hybridized carbons (Fsp3) is 0.278. The lowest BCUT2D eigenvalue weighted by Gasteiger charge is -2.14. The summed E-state index contributed by atoms with van der Waals surface area (Å²) in [5, 5.41) is 9.12. The van der Waals surface area contributed by atoms with Crippen LogP contribution in [-0.4, -0.2) is 27.8 Å². The van der Waals surface area contributed by atoms with Crippen LogP contribution < -0.4 is 4.74 Å². The largest absolute Gasteiger partial charge is 0.573 e. The molecule has 0 bridgehead atoms. The molecular weight excluding hydrogens is 399 g/mol. The summed E-state index contributed by atoms with van der Waals surface area (Å²) < 4.78 is 75.2. The summed E-state index contributed by atoms with van der Waals surface area (Å²) in [4.78, 5) is 7.82. The van der Waals surface area contributed by atoms with E-state index in [2.05, 4.69) is 14.7 Å². The maximum absolute atomic E-state index is 13.9. The Kier molecular flexibility index (Phi) is 5.15. The van der Waals surface area contributed by atoms with Crippen molar-refractivity contribution in [3.63, 3.8) is 0 Å². The monoisotopic (exact) mass is 412 g/mol. The van der Waals surface area contributed by atoms with Gasteiger partial charge in [-0.25, -0.2) is 4.98 Å². The Balaban J connectivity index is 2.16. The van der Waals surface area contributed by atoms with Gasteiger partial charge in [-0.05, 0) is 23.8 Å². The van der Waals surface area contributed by atoms with Crippen molar-refractivity contribution >= 4 is 5.52 Å². The highest BCUT2D eigenvalue weighted by molar-refractivity contribution is 5.67. The number of nitrogens with zero attached hydrogens (tertiary/aromatic N) is 4. The Hall–Kier alpha value is -3.26. The number of rotatable bonds is 5. The Morgan fingerprint density at radius 1 is 1.21 bits per heavy atom. The first kappa shape index (κ1) is 20.5. The Bertz CT molecular complexity index is 1100. The highest BCUT2D eigenvalue weighted by Gasteiger charge is 2.33. The lowest BCUT2D eigenvalue weighted by Crippen LogP contribution is -2.17. The highest BCUT2D eigenvalue weighted by atomic mass is 19.4. The molecule has 0 amide bonds. The summed E-state index contributed by atoms with van der Waals surface area (Å²) in [7, 11) is 1.35. The topological polar surface area (TPSA) is 72.4 Å². The summed E-state index contributed by atoms with van der Waals surface area (Å²) in [5.41, 5.74) is 0.688. The normalized spacial score (nSPS) is 12.2. The van der Waals surface area contributed by atoms with E-state index < -0.39 is 23.9 Å². The molecule has 1 aromatic carbocycles. The molecule has 0 spiro atoms. The van der Waals surface area contributed by atoms with Crippen molar-refractivity contribution in [2.24, 2.45) is 0 Å². The van der Waals surface area contributed by atoms with Gasteiger partial charge in [-0.2, -0.15) is 14.0 Å². The number of fused-ring (bicyclic) bond motifs is 1. The summed E-state index contributed by atoms with van der Waals surface area (Å²) in [5.74, 6) is -4.45. The molecule has 2 aromatic heterocycles. The van der Waals surface area contributed by atoms with Crippen molar-refractivity contribution in [1.29, 1.82) is 5.26 Å². The molecule has 152 valence electrons. The molecule has 11 heteroatoms. The van der Waals surface area contributed by atoms with E-state index in [1.165, 1.54) is 25.6 Å². The van der Waals surface area contributed by atoms with Gasteiger partial charge in [-0.1, -0.05) is 0 Å². The average molecular weight is 412 g/mol. The van der Waals surface area contributed by atoms with Gasteiger partial charge in [0, 0.05) is 25.8 Å². The minimum Gasteiger partial charge on any atom is -0.406 e. The van der Waals surface area contributed by atoms with Crippen LogP contribution in [-0.2, 0) is 17.3 Å². The third kappa shape index (κ3) is 4.27. The molecule has 0 atom stereocenters. The van der Waals surface area contributed by atoms with Gasteiger partial charge in [0.25, 0.3) is 0 Å². The molecule has 3 rings (SSSR count). The van der Waals surface area contributed by atoms with Crippen LogP contribution in [0.3, 0.4) is 0 Å². The summed E-state index contributed by atoms with van der Waals surface area (Å²) in [6.07, 6.45) is -2.42. The lowest BCUT2D eigenvalue weighted by molar-refractivity contribution is -0.274. The molecule has 0 saturated carbocycles. The second-order valence-corrected chi connectivity index (χ2v) is 6.11. The number of hydrogen-bond donors (Lipinski definition) is 0. The molecule has 3 aromatic rings. The number of nitriles is 1. The lowest BCUT2D eigenvalue weighted by atomic mass is 10.0. The standard InChI is InChI=1S/C18H13F5N4O2/c1-17(19,20)16-26-13(6-24)15-7-25-14(8-27(15)16)12-4-3-11(29-18(21,22)23)5-10(12)9-28-2/h3-5,7-8H,9H2,1-2H3. The number of alkyl halides is 5. The number of halogens is 5. The van der Waals surface area contributed by atoms with Gasteiger partial charge in [0.05, 0.1) is 18.5 Å². The van der Waals surface area contributed by atoms with Crippen molar-refractivity contribution in [2.45, 2.75) is 25.8 Å². The molecule has 0 fully saturated rings. The van der Waals surface area contributed by atoms with Crippen LogP contribution in [0, 0.1) is 11.3 Å². The Morgan fingerprint density at radius 2 is 1.93 bits per heavy atom. The second kappa shape index (κ2) is 7.29. The third-order valence-electron chi connectivity index (χ3n) is 3.91. The van der Waals surface area contributed by atoms with Gasteiger partial charge < -0.3 is 9.47 Å². The molecule has 2 heterocycles. The van der Waals surface area contributed by atoms with Crippen LogP contribution in [0.5, 0.6) is 5.75 Å². The van der Waals surface area contributed by atoms with Crippen molar-refractivity contribution in [2.75, 3.05) is 7.11 Å². The molecule has 0 saturated heterocycles. The Morgan fingerprint density at radius 3 is 2.52 bits per heavy atom. The van der Waals surface area contributed by atoms with Crippen LogP contribution in [0.4, 0.5) is 22.0 Å². The number of benzene rings is 1. The van der Waals surface area contributed by atoms with E-state index in [0.29, 0.717) is 18.1 Å². The predicted molar refractivity (Wildman–Crippen MR) is 90.1 cm³/mol. The zero-order valence-corrected chi connectivity index (χ0v) is 15.1. The van der Waals surface area contributed by atoms with Crippen molar-refractivity contribution in [3.8, 4) is 23.1 Å². The summed E-state index contributed by atoms with van der Waals surface area (Å²) in [6.45, 7) is 0.566. The third-order valence-corrected chi connectivity index (χ3v) is 3.91. The quantitative estimate of drug-likeness (QED) is 0.580. The first-order valence-electron chi connectivity index (χ1n) is 8.08. The number of imidazole rings is 1. The smallest absolute Gasteiger partial charge is 0.406 e. The number of ether oxygens (including phenoxy) is 2. The van der Waals surface area contributed by atoms with Crippen molar-refractivity contribution in [3.05, 3.63) is 47.7 Å². The number of methoxy groups -OCH3 is 1. The highest BCUT2D eigenvalue weighted by Crippen LogP contribution is 2.32. The number of hydrogen-bond acceptors (Lipinski definition) is 5. The van der Waals surface area contributed by atoms with E-state index in [1.807, 2.05) is 0 Å². The van der Waals surface area contributed by atoms with Gasteiger partial charge >= 0.3 is 12.3 Å². The zero-order valence-electron chi connectivity index (χ0n) is 15.1. The van der Waals surface area contributed by atoms with E-state index >= 15 is 0 Å². The van der Waals surface area contributed by atoms with Gasteiger partial charge in [-0.15, -0.1) is 13.2 Å². The van der Waals surface area contributed by atoms with Gasteiger partial charge in [0.15, 0.2) is 11.5 Å². The van der Waals surface area contributed by atoms with Crippen molar-refractivity contribution < 1.29 is 31.4 Å². The zero-order chi connectivity index (χ0) is 21.4. The van der Waals surface area contributed by atoms with Gasteiger partial charge in [0.2, 0.25) is 0 Å². The molecule has 29 heavy (non-hydrogen) atoms. The molecule has 0 aliphatic rings. The first-order chi connectivity index (χ1) is 13.5. The van der Waals surface area contributed by atoms with E-state index in [0.717, 1.165) is 16.5 Å². The maximum Gasteiger partial charge on any atom is 0.573 e. The molecule has 0 unspecified atom stereocenters. The van der Waals surface area contributed by atoms with Crippen molar-refractivity contribution in [1.82, 2.24) is 14.4 Å². The van der Waals surface area contributed by atoms with Crippen LogP contribution in [0.1, 0.15) is 24.0 Å². The molecule has 0 radical (unpaired) electrons. The van der Waals surface area contributed by atoms with E-state index in [1.54, 1.807) is 6.07 Å². The number of aromatic nitrogens is 3.